The summed E-state index contributed by atoms with van der Waals surface area (Å²) in [5.74, 6) is 0.404. The van der Waals surface area contributed by atoms with Gasteiger partial charge in [0.1, 0.15) is 48.8 Å². The molecule has 68 heavy (non-hydrogen) atoms. The van der Waals surface area contributed by atoms with Crippen molar-refractivity contribution in [2.45, 2.75) is 198 Å². The van der Waals surface area contributed by atoms with E-state index in [0.29, 0.717) is 31.1 Å². The molecule has 3 heterocycles. The third-order valence-corrected chi connectivity index (χ3v) is 18.5. The van der Waals surface area contributed by atoms with Crippen molar-refractivity contribution < 1.29 is 118 Å². The Hall–Kier alpha value is -0.607. The summed E-state index contributed by atoms with van der Waals surface area (Å²) in [6, 6.07) is -1.33. The van der Waals surface area contributed by atoms with Crippen LogP contribution in [0.4, 0.5) is 0 Å². The predicted molar refractivity (Wildman–Crippen MR) is 233 cm³/mol. The quantitative estimate of drug-likeness (QED) is 0.0843. The number of hydrogen-bond donors (Lipinski definition) is 10. The van der Waals surface area contributed by atoms with Gasteiger partial charge in [0.25, 0.3) is 5.97 Å². The molecule has 8 rings (SSSR count). The summed E-state index contributed by atoms with van der Waals surface area (Å²) < 4.78 is 36.0. The van der Waals surface area contributed by atoms with Crippen LogP contribution in [0.15, 0.2) is 11.6 Å². The monoisotopic (exact) mass is 1170 g/mol. The average molecular weight is 1170 g/mol. The first-order chi connectivity index (χ1) is 31.0. The number of allylic oxidation sites excluding steroid dienone is 2. The molecule has 0 bridgehead atoms. The number of amides is 1. The molecule has 4 saturated carbocycles. The molecule has 387 valence electrons. The molecule has 18 nitrogen and oxygen atoms in total. The van der Waals surface area contributed by atoms with Crippen LogP contribution in [0.1, 0.15) is 106 Å². The van der Waals surface area contributed by atoms with Crippen molar-refractivity contribution in [2.24, 2.45) is 50.6 Å². The van der Waals surface area contributed by atoms with Gasteiger partial charge in [-0.25, -0.2) is 0 Å². The Bertz CT molecular complexity index is 1840. The van der Waals surface area contributed by atoms with E-state index in [2.05, 4.69) is 59.4 Å². The van der Waals surface area contributed by atoms with Gasteiger partial charge in [-0.2, -0.15) is 19.3 Å². The first-order valence-corrected chi connectivity index (χ1v) is 24.2. The Morgan fingerprint density at radius 2 is 1.56 bits per heavy atom. The van der Waals surface area contributed by atoms with E-state index < -0.39 is 116 Å². The van der Waals surface area contributed by atoms with Crippen molar-refractivity contribution in [3.8, 4) is 0 Å². The van der Waals surface area contributed by atoms with E-state index in [4.69, 9.17) is 34.2 Å². The summed E-state index contributed by atoms with van der Waals surface area (Å²) in [6.07, 6.45) is -9.05. The topological polar surface area (TPSA) is 289 Å². The van der Waals surface area contributed by atoms with Crippen molar-refractivity contribution in [3.05, 3.63) is 24.0 Å². The van der Waals surface area contributed by atoms with Crippen molar-refractivity contribution >= 4 is 11.9 Å². The smallest absolute Gasteiger partial charge is 0.284 e. The van der Waals surface area contributed by atoms with Gasteiger partial charge >= 0.3 is 0 Å². The van der Waals surface area contributed by atoms with Gasteiger partial charge in [-0.05, 0) is 72.5 Å². The van der Waals surface area contributed by atoms with Gasteiger partial charge in [-0.15, -0.1) is 0 Å². The molecule has 22 atom stereocenters. The number of fused-ring (bicyclic) bond motifs is 7. The number of nitrogens with one attached hydrogen (secondary N) is 1. The van der Waals surface area contributed by atoms with Crippen LogP contribution in [0, 0.1) is 57.2 Å². The summed E-state index contributed by atoms with van der Waals surface area (Å²) in [6.45, 7) is 13.8. The number of hydrogen-bond acceptors (Lipinski definition) is 17. The predicted octanol–water partition coefficient (Wildman–Crippen LogP) is 0.267. The standard InChI is InChI=1S/C48H76N2O16.V.W/c1-22-24-10-13-47(7)30(45(24,5)12-11-27(22)52)9-8-25-26-18-44(3,4)14-16-48(26,17-15-46(25,47)6)43(60)66-42-39(34(56)32(29(20-51)63-42)50-31(54)19-49)65-41-37(59)35(57)38(23(2)62-41)64-40-36(58)33(55)28(53)21-61-40;;/h8,17,23-24,26-30,32-42,51-53,55-59H,9-16,18-21,49H2,1-7H3,(H,50,54);;/q-2;;/t23-,24+,26?,27+,28?,29+,30?,32?,33?,34?,35?,36?,37?,38?,39?,40+,41+,42+,45?,46-,47+,48+;;/m1../s1. The summed E-state index contributed by atoms with van der Waals surface area (Å²) in [7, 11) is 0. The molecule has 0 aromatic rings. The number of ether oxygens (including phenoxy) is 6. The molecule has 1 amide bonds. The van der Waals surface area contributed by atoms with Crippen molar-refractivity contribution in [1.82, 2.24) is 5.32 Å². The molecular formula is C48H76N2O16VW-2. The molecular weight excluding hydrogens is 1100 g/mol. The molecule has 0 aromatic carbocycles. The fourth-order valence-electron chi connectivity index (χ4n) is 14.2. The molecule has 5 aliphatic carbocycles. The molecule has 11 N–H and O–H groups in total. The maximum absolute atomic E-state index is 15.3. The zero-order valence-corrected chi connectivity index (χ0v) is 44.6. The number of nitrogens with two attached hydrogens (primary N) is 1. The van der Waals surface area contributed by atoms with Gasteiger partial charge in [0, 0.05) is 39.6 Å². The molecule has 12 unspecified atom stereocenters. The number of carbonyl (C=O) groups excluding carboxylic acids is 2. The largest absolute Gasteiger partial charge is 0.434 e. The average Bonchev–Trinajstić information content (AvgIpc) is 3.27. The van der Waals surface area contributed by atoms with Gasteiger partial charge in [0.2, 0.25) is 12.2 Å². The molecule has 3 saturated heterocycles. The zero-order valence-electron chi connectivity index (χ0n) is 40.3. The molecule has 0 aromatic heterocycles. The minimum atomic E-state index is -1.88. The normalized spacial score (nSPS) is 50.0. The number of esters is 1. The number of aliphatic hydroxyl groups is 8. The van der Waals surface area contributed by atoms with E-state index in [1.807, 2.05) is 0 Å². The van der Waals surface area contributed by atoms with E-state index in [0.717, 1.165) is 38.5 Å². The number of aliphatic hydroxyl groups excluding tert-OH is 8. The number of rotatable bonds is 9. The van der Waals surface area contributed by atoms with Gasteiger partial charge in [-0.1, -0.05) is 77.0 Å². The van der Waals surface area contributed by atoms with Crippen molar-refractivity contribution in [2.75, 3.05) is 19.8 Å². The van der Waals surface area contributed by atoms with E-state index in [1.165, 1.54) is 18.4 Å². The van der Waals surface area contributed by atoms with Crippen molar-refractivity contribution in [3.63, 3.8) is 0 Å². The van der Waals surface area contributed by atoms with E-state index in [-0.39, 0.29) is 79.9 Å². The second-order valence-electron chi connectivity index (χ2n) is 22.5. The second-order valence-corrected chi connectivity index (χ2v) is 22.5. The Morgan fingerprint density at radius 3 is 2.24 bits per heavy atom. The van der Waals surface area contributed by atoms with Crippen LogP contribution < -0.4 is 11.1 Å². The SMILES string of the molecule is C[C-]1[C@@H](O)CCC2(C)C3CC=C4C5CC(C)(C)CC[C@]5(C(=O)O[C@@H]5O[C@@H](CO)C(NC(=O)CN)C(O)C5O[C@@H]5O[C@H](C)C(O[C@@H]6OCC(O)C(O)C6O)C(O)C5O)[CH-]C[C@@]4(C)[C@@]3(C)CC[C@@H]12.[V].[W]. The van der Waals surface area contributed by atoms with E-state index in [9.17, 15) is 45.6 Å². The van der Waals surface area contributed by atoms with Gasteiger partial charge < -0.3 is 86.7 Å². The van der Waals surface area contributed by atoms with Crippen LogP contribution in [0.5, 0.6) is 0 Å². The Balaban J connectivity index is 0.00000381. The fourth-order valence-corrected chi connectivity index (χ4v) is 14.2. The van der Waals surface area contributed by atoms with Crippen LogP contribution in [0.2, 0.25) is 0 Å². The minimum Gasteiger partial charge on any atom is -0.434 e. The summed E-state index contributed by atoms with van der Waals surface area (Å²) in [4.78, 5) is 27.9. The molecule has 8 aliphatic rings. The molecule has 0 spiro atoms. The van der Waals surface area contributed by atoms with E-state index >= 15 is 4.79 Å². The molecule has 3 aliphatic heterocycles. The second kappa shape index (κ2) is 21.0. The summed E-state index contributed by atoms with van der Waals surface area (Å²) >= 11 is 0. The third-order valence-electron chi connectivity index (χ3n) is 18.5. The minimum absolute atomic E-state index is 0. The van der Waals surface area contributed by atoms with Crippen LogP contribution >= 0.6 is 0 Å². The maximum atomic E-state index is 15.3. The van der Waals surface area contributed by atoms with Gasteiger partial charge in [0.15, 0.2) is 18.7 Å². The Kier molecular flexibility index (Phi) is 17.5. The van der Waals surface area contributed by atoms with Crippen LogP contribution in [0.3, 0.4) is 0 Å². The van der Waals surface area contributed by atoms with E-state index in [1.54, 1.807) is 0 Å². The Labute approximate surface area is 426 Å². The van der Waals surface area contributed by atoms with Gasteiger partial charge in [0.05, 0.1) is 31.9 Å². The number of carbonyl (C=O) groups is 2. The van der Waals surface area contributed by atoms with Gasteiger partial charge in [-0.3, -0.25) is 15.5 Å². The maximum Gasteiger partial charge on any atom is 0.284 e. The van der Waals surface area contributed by atoms with Crippen LogP contribution in [-0.4, -0.2) is 165 Å². The van der Waals surface area contributed by atoms with Crippen LogP contribution in [-0.2, 0) is 77.6 Å². The van der Waals surface area contributed by atoms with Crippen LogP contribution in [0.25, 0.3) is 0 Å². The summed E-state index contributed by atoms with van der Waals surface area (Å²) in [5.41, 5.74) is 5.31. The first kappa shape index (κ1) is 56.7. The zero-order chi connectivity index (χ0) is 48.1. The Morgan fingerprint density at radius 1 is 0.882 bits per heavy atom. The van der Waals surface area contributed by atoms with Crippen molar-refractivity contribution in [1.29, 1.82) is 0 Å². The third kappa shape index (κ3) is 9.45. The summed E-state index contributed by atoms with van der Waals surface area (Å²) in [5, 5.41) is 89.4. The first-order valence-electron chi connectivity index (χ1n) is 24.2. The fraction of sp³-hybridized carbons (Fsp3) is 0.875. The molecule has 7 fully saturated rings. The molecule has 1 radical (unpaired) electrons. The molecule has 20 heteroatoms.